The van der Waals surface area contributed by atoms with Gasteiger partial charge in [0.25, 0.3) is 5.91 Å². The van der Waals surface area contributed by atoms with E-state index >= 15 is 0 Å². The number of likely N-dealkylation sites (tertiary alicyclic amines) is 1. The van der Waals surface area contributed by atoms with E-state index in [1.807, 2.05) is 0 Å². The van der Waals surface area contributed by atoms with Gasteiger partial charge in [0.15, 0.2) is 5.79 Å². The van der Waals surface area contributed by atoms with Gasteiger partial charge in [-0.2, -0.15) is 26.3 Å². The first-order valence-electron chi connectivity index (χ1n) is 8.37. The molecule has 4 nitrogen and oxygen atoms in total. The van der Waals surface area contributed by atoms with Gasteiger partial charge in [0.1, 0.15) is 0 Å². The summed E-state index contributed by atoms with van der Waals surface area (Å²) < 4.78 is 89.0. The van der Waals surface area contributed by atoms with Gasteiger partial charge >= 0.3 is 12.4 Å². The van der Waals surface area contributed by atoms with Crippen LogP contribution in [0.15, 0.2) is 18.2 Å². The molecule has 0 bridgehead atoms. The van der Waals surface area contributed by atoms with Crippen LogP contribution in [-0.2, 0) is 21.8 Å². The Balaban J connectivity index is 1.82. The zero-order chi connectivity index (χ0) is 19.9. The molecule has 0 atom stereocenters. The second-order valence-corrected chi connectivity index (χ2v) is 6.55. The number of alkyl halides is 6. The van der Waals surface area contributed by atoms with Crippen molar-refractivity contribution < 1.29 is 40.6 Å². The first-order chi connectivity index (χ1) is 12.5. The zero-order valence-electron chi connectivity index (χ0n) is 14.1. The molecule has 1 spiro atoms. The molecule has 1 aromatic rings. The number of ether oxygens (including phenoxy) is 2. The molecule has 0 unspecified atom stereocenters. The second kappa shape index (κ2) is 6.97. The summed E-state index contributed by atoms with van der Waals surface area (Å²) in [5, 5.41) is 0. The third-order valence-corrected chi connectivity index (χ3v) is 4.67. The fraction of sp³-hybridized carbons (Fsp3) is 0.588. The number of hydrogen-bond donors (Lipinski definition) is 0. The lowest BCUT2D eigenvalue weighted by atomic mass is 9.99. The maximum atomic E-state index is 13.0. The van der Waals surface area contributed by atoms with Crippen LogP contribution in [0.3, 0.4) is 0 Å². The maximum absolute atomic E-state index is 13.0. The van der Waals surface area contributed by atoms with Crippen molar-refractivity contribution in [1.82, 2.24) is 4.90 Å². The highest BCUT2D eigenvalue weighted by Gasteiger charge is 2.41. The van der Waals surface area contributed by atoms with E-state index in [0.29, 0.717) is 38.2 Å². The van der Waals surface area contributed by atoms with Crippen LogP contribution in [0.5, 0.6) is 0 Å². The molecular weight excluding hydrogens is 380 g/mol. The molecule has 10 heteroatoms. The minimum Gasteiger partial charge on any atom is -0.350 e. The number of carbonyl (C=O) groups is 1. The third-order valence-electron chi connectivity index (χ3n) is 4.67. The zero-order valence-corrected chi connectivity index (χ0v) is 14.1. The number of benzene rings is 1. The average molecular weight is 397 g/mol. The molecular formula is C17H17F6NO3. The van der Waals surface area contributed by atoms with E-state index in [1.165, 1.54) is 4.90 Å². The van der Waals surface area contributed by atoms with Gasteiger partial charge in [0, 0.05) is 31.5 Å². The lowest BCUT2D eigenvalue weighted by Gasteiger charge is -2.43. The van der Waals surface area contributed by atoms with Gasteiger partial charge in [-0.05, 0) is 24.6 Å². The van der Waals surface area contributed by atoms with Gasteiger partial charge < -0.3 is 14.4 Å². The highest BCUT2D eigenvalue weighted by molar-refractivity contribution is 5.94. The minimum atomic E-state index is -4.99. The third kappa shape index (κ3) is 4.37. The lowest BCUT2D eigenvalue weighted by molar-refractivity contribution is -0.281. The number of nitrogens with zero attached hydrogens (tertiary/aromatic N) is 1. The molecule has 0 aliphatic carbocycles. The number of piperidine rings is 1. The van der Waals surface area contributed by atoms with E-state index in [9.17, 15) is 31.1 Å². The van der Waals surface area contributed by atoms with Crippen molar-refractivity contribution in [3.8, 4) is 0 Å². The van der Waals surface area contributed by atoms with Crippen LogP contribution in [0.2, 0.25) is 0 Å². The Morgan fingerprint density at radius 2 is 1.37 bits per heavy atom. The molecule has 0 N–H and O–H groups in total. The summed E-state index contributed by atoms with van der Waals surface area (Å²) in [6.45, 7) is 1.26. The SMILES string of the molecule is O=C(c1cc(C(F)(F)F)cc(C(F)(F)F)c1)N1CCC2(CC1)OCCCO2. The van der Waals surface area contributed by atoms with Crippen molar-refractivity contribution in [2.45, 2.75) is 37.4 Å². The Hall–Kier alpha value is -1.81. The number of amides is 1. The van der Waals surface area contributed by atoms with E-state index in [0.717, 1.165) is 6.42 Å². The lowest BCUT2D eigenvalue weighted by Crippen LogP contribution is -2.51. The molecule has 0 radical (unpaired) electrons. The fourth-order valence-corrected chi connectivity index (χ4v) is 3.22. The van der Waals surface area contributed by atoms with Crippen LogP contribution in [0.25, 0.3) is 0 Å². The first kappa shape index (κ1) is 19.9. The Morgan fingerprint density at radius 1 is 0.889 bits per heavy atom. The van der Waals surface area contributed by atoms with Crippen LogP contribution in [0.1, 0.15) is 40.7 Å². The van der Waals surface area contributed by atoms with Gasteiger partial charge in [0.2, 0.25) is 0 Å². The summed E-state index contributed by atoms with van der Waals surface area (Å²) in [4.78, 5) is 13.8. The van der Waals surface area contributed by atoms with E-state index in [1.54, 1.807) is 0 Å². The largest absolute Gasteiger partial charge is 0.416 e. The summed E-state index contributed by atoms with van der Waals surface area (Å²) in [5.74, 6) is -1.70. The van der Waals surface area contributed by atoms with Crippen LogP contribution < -0.4 is 0 Å². The van der Waals surface area contributed by atoms with Gasteiger partial charge in [0.05, 0.1) is 24.3 Å². The second-order valence-electron chi connectivity index (χ2n) is 6.55. The topological polar surface area (TPSA) is 38.8 Å². The summed E-state index contributed by atoms with van der Waals surface area (Å²) in [7, 11) is 0. The predicted octanol–water partition coefficient (Wildman–Crippen LogP) is 4.09. The maximum Gasteiger partial charge on any atom is 0.416 e. The van der Waals surface area contributed by atoms with Gasteiger partial charge in [-0.25, -0.2) is 0 Å². The highest BCUT2D eigenvalue weighted by Crippen LogP contribution is 2.37. The van der Waals surface area contributed by atoms with Crippen molar-refractivity contribution in [2.24, 2.45) is 0 Å². The van der Waals surface area contributed by atoms with Crippen molar-refractivity contribution >= 4 is 5.91 Å². The monoisotopic (exact) mass is 397 g/mol. The Labute approximate surface area is 151 Å². The molecule has 2 aliphatic rings. The molecule has 1 amide bonds. The smallest absolute Gasteiger partial charge is 0.350 e. The number of halogens is 6. The fourth-order valence-electron chi connectivity index (χ4n) is 3.22. The number of carbonyl (C=O) groups excluding carboxylic acids is 1. The van der Waals surface area contributed by atoms with E-state index in [-0.39, 0.29) is 19.2 Å². The molecule has 2 saturated heterocycles. The summed E-state index contributed by atoms with van der Waals surface area (Å²) in [6, 6.07) is 0.913. The van der Waals surface area contributed by atoms with Gasteiger partial charge in [-0.1, -0.05) is 0 Å². The van der Waals surface area contributed by atoms with E-state index in [4.69, 9.17) is 9.47 Å². The number of rotatable bonds is 1. The van der Waals surface area contributed by atoms with Crippen molar-refractivity contribution in [2.75, 3.05) is 26.3 Å². The average Bonchev–Trinajstić information content (AvgIpc) is 2.61. The predicted molar refractivity (Wildman–Crippen MR) is 80.8 cm³/mol. The molecule has 2 heterocycles. The van der Waals surface area contributed by atoms with Crippen molar-refractivity contribution in [3.05, 3.63) is 34.9 Å². The molecule has 2 fully saturated rings. The molecule has 2 aliphatic heterocycles. The Kier molecular flexibility index (Phi) is 5.15. The summed E-state index contributed by atoms with van der Waals surface area (Å²) >= 11 is 0. The molecule has 3 rings (SSSR count). The standard InChI is InChI=1S/C17H17F6NO3/c18-16(19,20)12-8-11(9-13(10-12)17(21,22)23)14(25)24-4-2-15(3-5-24)26-6-1-7-27-15/h8-10H,1-7H2. The van der Waals surface area contributed by atoms with E-state index in [2.05, 4.69) is 0 Å². The molecule has 150 valence electrons. The van der Waals surface area contributed by atoms with Crippen LogP contribution in [0.4, 0.5) is 26.3 Å². The normalized spacial score (nSPS) is 20.7. The van der Waals surface area contributed by atoms with Gasteiger partial charge in [-0.15, -0.1) is 0 Å². The molecule has 27 heavy (non-hydrogen) atoms. The highest BCUT2D eigenvalue weighted by atomic mass is 19.4. The minimum absolute atomic E-state index is 0.00564. The molecule has 0 saturated carbocycles. The van der Waals surface area contributed by atoms with Gasteiger partial charge in [-0.3, -0.25) is 4.79 Å². The molecule has 1 aromatic carbocycles. The van der Waals surface area contributed by atoms with Crippen LogP contribution in [-0.4, -0.2) is 42.9 Å². The van der Waals surface area contributed by atoms with Crippen LogP contribution >= 0.6 is 0 Å². The Bertz CT molecular complexity index is 667. The van der Waals surface area contributed by atoms with Crippen molar-refractivity contribution in [3.63, 3.8) is 0 Å². The summed E-state index contributed by atoms with van der Waals surface area (Å²) in [5.41, 5.74) is -3.65. The quantitative estimate of drug-likeness (QED) is 0.670. The molecule has 0 aromatic heterocycles. The number of hydrogen-bond acceptors (Lipinski definition) is 3. The van der Waals surface area contributed by atoms with Crippen molar-refractivity contribution in [1.29, 1.82) is 0 Å². The van der Waals surface area contributed by atoms with Crippen LogP contribution in [0, 0.1) is 0 Å². The summed E-state index contributed by atoms with van der Waals surface area (Å²) in [6.07, 6.45) is -8.62. The first-order valence-corrected chi connectivity index (χ1v) is 8.37. The Morgan fingerprint density at radius 3 is 1.81 bits per heavy atom. The van der Waals surface area contributed by atoms with E-state index < -0.39 is 40.7 Å².